The Labute approximate surface area is 305 Å². The van der Waals surface area contributed by atoms with Crippen LogP contribution in [-0.4, -0.2) is 93.0 Å². The van der Waals surface area contributed by atoms with Gasteiger partial charge in [0.25, 0.3) is 23.6 Å². The first-order valence-electron chi connectivity index (χ1n) is 17.9. The number of anilines is 3. The normalized spacial score (nSPS) is 17.2. The first-order valence-corrected chi connectivity index (χ1v) is 17.9. The summed E-state index contributed by atoms with van der Waals surface area (Å²) in [6.45, 7) is 0.917. The minimum atomic E-state index is -1.02. The molecule has 0 radical (unpaired) electrons. The van der Waals surface area contributed by atoms with Crippen LogP contribution in [0, 0.1) is 0 Å². The zero-order chi connectivity index (χ0) is 37.2. The second kappa shape index (κ2) is 14.9. The zero-order valence-electron chi connectivity index (χ0n) is 29.6. The zero-order valence-corrected chi connectivity index (χ0v) is 29.6. The summed E-state index contributed by atoms with van der Waals surface area (Å²) < 4.78 is 2.07. The van der Waals surface area contributed by atoms with Gasteiger partial charge in [-0.05, 0) is 74.6 Å². The second-order valence-corrected chi connectivity index (χ2v) is 13.8. The fourth-order valence-electron chi connectivity index (χ4n) is 7.27. The number of nitrogens with one attached hydrogen (secondary N) is 4. The van der Waals surface area contributed by atoms with Gasteiger partial charge in [-0.3, -0.25) is 39.0 Å². The highest BCUT2D eigenvalue weighted by Gasteiger charge is 2.45. The number of amides is 6. The van der Waals surface area contributed by atoms with Gasteiger partial charge in [0.15, 0.2) is 0 Å². The Morgan fingerprint density at radius 2 is 1.70 bits per heavy atom. The lowest BCUT2D eigenvalue weighted by Gasteiger charge is -2.27. The molecule has 1 aliphatic carbocycles. The van der Waals surface area contributed by atoms with Crippen LogP contribution in [0.2, 0.25) is 0 Å². The minimum Gasteiger partial charge on any atom is -0.384 e. The molecule has 0 spiro atoms. The summed E-state index contributed by atoms with van der Waals surface area (Å²) >= 11 is 0. The number of imide groups is 2. The Hall–Kier alpha value is -6.12. The van der Waals surface area contributed by atoms with Gasteiger partial charge in [-0.15, -0.1) is 0 Å². The molecule has 1 atom stereocenters. The summed E-state index contributed by atoms with van der Waals surface area (Å²) in [6.07, 6.45) is 7.44. The van der Waals surface area contributed by atoms with Crippen molar-refractivity contribution in [3.05, 3.63) is 77.1 Å². The summed E-state index contributed by atoms with van der Waals surface area (Å²) in [4.78, 5) is 88.0. The fraction of sp³-hybridized carbons (Fsp3) is 0.368. The first kappa shape index (κ1) is 35.3. The number of piperidine rings is 1. The number of unbranched alkanes of at least 4 members (excludes halogenated alkanes) is 1. The van der Waals surface area contributed by atoms with E-state index in [0.29, 0.717) is 54.5 Å². The van der Waals surface area contributed by atoms with E-state index in [4.69, 9.17) is 4.98 Å². The molecule has 1 saturated heterocycles. The molecule has 1 saturated carbocycles. The number of benzene rings is 2. The molecule has 15 nitrogen and oxygen atoms in total. The molecular formula is C38H41N9O6. The van der Waals surface area contributed by atoms with Gasteiger partial charge in [-0.25, -0.2) is 4.98 Å². The van der Waals surface area contributed by atoms with Crippen LogP contribution in [0.3, 0.4) is 0 Å². The maximum Gasteiger partial charge on any atom is 0.270 e. The molecule has 3 aliphatic rings. The highest BCUT2D eigenvalue weighted by Crippen LogP contribution is 2.35. The van der Waals surface area contributed by atoms with Crippen LogP contribution in [0.4, 0.5) is 17.3 Å². The van der Waals surface area contributed by atoms with Crippen molar-refractivity contribution in [1.82, 2.24) is 35.0 Å². The third kappa shape index (κ3) is 7.06. The van der Waals surface area contributed by atoms with Gasteiger partial charge in [0.1, 0.15) is 17.4 Å². The number of aromatic nitrogens is 3. The highest BCUT2D eigenvalue weighted by atomic mass is 16.2. The third-order valence-electron chi connectivity index (χ3n) is 9.97. The Kier molecular flexibility index (Phi) is 9.89. The van der Waals surface area contributed by atoms with Gasteiger partial charge in [-0.1, -0.05) is 18.9 Å². The topological polar surface area (TPSA) is 188 Å². The Bertz CT molecular complexity index is 2120. The third-order valence-corrected chi connectivity index (χ3v) is 9.97. The molecule has 6 amide bonds. The summed E-state index contributed by atoms with van der Waals surface area (Å²) in [5, 5.41) is 12.4. The van der Waals surface area contributed by atoms with Crippen molar-refractivity contribution in [1.29, 1.82) is 0 Å². The number of fused-ring (bicyclic) bond motifs is 2. The molecule has 0 bridgehead atoms. The largest absolute Gasteiger partial charge is 0.384 e. The molecule has 4 aromatic rings. The van der Waals surface area contributed by atoms with E-state index in [1.807, 2.05) is 6.07 Å². The average molecular weight is 720 g/mol. The highest BCUT2D eigenvalue weighted by molar-refractivity contribution is 6.25. The van der Waals surface area contributed by atoms with Gasteiger partial charge in [0.2, 0.25) is 17.8 Å². The Morgan fingerprint density at radius 3 is 2.43 bits per heavy atom. The number of carbonyl (C=O) groups excluding carboxylic acids is 6. The van der Waals surface area contributed by atoms with E-state index >= 15 is 0 Å². The Balaban J connectivity index is 0.902. The standard InChI is InChI=1S/C38H41N9O6/c1-45(2)36(52)29-20-23-21-41-38(44-32(23)46(29)25-8-3-4-9-25)42-24-14-12-22(13-15-24)33(49)40-19-6-5-18-39-27-11-7-10-26-31(27)37(53)47(35(26)51)28-16-17-30(48)43-34(28)50/h7,10-15,20-21,25,28,39H,3-6,8-9,16-19H2,1-2H3,(H,40,49)(H,41,42,44)(H,43,48,50). The van der Waals surface area contributed by atoms with E-state index in [0.717, 1.165) is 41.6 Å². The Morgan fingerprint density at radius 1 is 0.943 bits per heavy atom. The number of carbonyl (C=O) groups is 6. The van der Waals surface area contributed by atoms with Gasteiger partial charge < -0.3 is 25.4 Å². The smallest absolute Gasteiger partial charge is 0.270 e. The lowest BCUT2D eigenvalue weighted by Crippen LogP contribution is -2.54. The quantitative estimate of drug-likeness (QED) is 0.123. The van der Waals surface area contributed by atoms with Gasteiger partial charge in [0.05, 0.1) is 11.1 Å². The van der Waals surface area contributed by atoms with E-state index in [1.54, 1.807) is 67.7 Å². The van der Waals surface area contributed by atoms with Gasteiger partial charge in [0, 0.05) is 68.2 Å². The summed E-state index contributed by atoms with van der Waals surface area (Å²) in [7, 11) is 3.49. The molecule has 1 unspecified atom stereocenters. The summed E-state index contributed by atoms with van der Waals surface area (Å²) in [6, 6.07) is 13.0. The van der Waals surface area contributed by atoms with E-state index in [1.165, 1.54) is 0 Å². The molecule has 53 heavy (non-hydrogen) atoms. The molecule has 4 N–H and O–H groups in total. The number of rotatable bonds is 12. The number of hydrogen-bond acceptors (Lipinski definition) is 10. The molecule has 4 heterocycles. The molecular weight excluding hydrogens is 678 g/mol. The van der Waals surface area contributed by atoms with Crippen molar-refractivity contribution in [2.24, 2.45) is 0 Å². The monoisotopic (exact) mass is 719 g/mol. The molecule has 15 heteroatoms. The van der Waals surface area contributed by atoms with Crippen LogP contribution in [0.1, 0.15) is 99.0 Å². The number of nitrogens with zero attached hydrogens (tertiary/aromatic N) is 5. The predicted octanol–water partition coefficient (Wildman–Crippen LogP) is 4.02. The maximum absolute atomic E-state index is 13.3. The molecule has 274 valence electrons. The molecule has 2 fully saturated rings. The van der Waals surface area contributed by atoms with Crippen LogP contribution in [0.15, 0.2) is 54.7 Å². The predicted molar refractivity (Wildman–Crippen MR) is 196 cm³/mol. The molecule has 7 rings (SSSR count). The van der Waals surface area contributed by atoms with Crippen molar-refractivity contribution < 1.29 is 28.8 Å². The van der Waals surface area contributed by atoms with E-state index in [9.17, 15) is 28.8 Å². The maximum atomic E-state index is 13.3. The SMILES string of the molecule is CN(C)C(=O)c1cc2cnc(Nc3ccc(C(=O)NCCCCNc4cccc5c4C(=O)N(C4CCC(=O)NC4=O)C5=O)cc3)nc2n1C1CCCC1. The molecule has 2 aromatic carbocycles. The first-order chi connectivity index (χ1) is 25.6. The lowest BCUT2D eigenvalue weighted by atomic mass is 10.0. The van der Waals surface area contributed by atoms with Crippen LogP contribution >= 0.6 is 0 Å². The van der Waals surface area contributed by atoms with Crippen LogP contribution in [0.25, 0.3) is 11.0 Å². The lowest BCUT2D eigenvalue weighted by molar-refractivity contribution is -0.136. The number of hydrogen-bond donors (Lipinski definition) is 4. The van der Waals surface area contributed by atoms with Crippen LogP contribution in [-0.2, 0) is 9.59 Å². The fourth-order valence-corrected chi connectivity index (χ4v) is 7.27. The van der Waals surface area contributed by atoms with E-state index in [2.05, 4.69) is 30.8 Å². The summed E-state index contributed by atoms with van der Waals surface area (Å²) in [5.74, 6) is -2.08. The summed E-state index contributed by atoms with van der Waals surface area (Å²) in [5.41, 5.74) is 3.46. The van der Waals surface area contributed by atoms with Gasteiger partial charge in [-0.2, -0.15) is 4.98 Å². The van der Waals surface area contributed by atoms with Gasteiger partial charge >= 0.3 is 0 Å². The van der Waals surface area contributed by atoms with Crippen molar-refractivity contribution in [2.75, 3.05) is 37.8 Å². The van der Waals surface area contributed by atoms with E-state index < -0.39 is 29.7 Å². The van der Waals surface area contributed by atoms with Crippen molar-refractivity contribution >= 4 is 63.8 Å². The van der Waals surface area contributed by atoms with E-state index in [-0.39, 0.29) is 41.8 Å². The minimum absolute atomic E-state index is 0.0561. The molecule has 2 aromatic heterocycles. The average Bonchev–Trinajstić information content (AvgIpc) is 3.87. The van der Waals surface area contributed by atoms with Crippen molar-refractivity contribution in [3.8, 4) is 0 Å². The van der Waals surface area contributed by atoms with Crippen molar-refractivity contribution in [2.45, 2.75) is 63.5 Å². The molecule has 2 aliphatic heterocycles. The van der Waals surface area contributed by atoms with Crippen LogP contribution < -0.4 is 21.3 Å². The van der Waals surface area contributed by atoms with Crippen molar-refractivity contribution in [3.63, 3.8) is 0 Å². The second-order valence-electron chi connectivity index (χ2n) is 13.8. The van der Waals surface area contributed by atoms with Crippen LogP contribution in [0.5, 0.6) is 0 Å².